The maximum absolute atomic E-state index is 13.8. The number of benzene rings is 4. The molecule has 1 heterocycles. The van der Waals surface area contributed by atoms with Crippen LogP contribution in [0, 0.1) is 12.7 Å². The van der Waals surface area contributed by atoms with E-state index in [4.69, 9.17) is 4.11 Å². The van der Waals surface area contributed by atoms with E-state index in [2.05, 4.69) is 17.1 Å². The van der Waals surface area contributed by atoms with Crippen LogP contribution in [0.4, 0.5) is 4.39 Å². The lowest BCUT2D eigenvalue weighted by Gasteiger charge is -2.20. The van der Waals surface area contributed by atoms with Gasteiger partial charge in [-0.25, -0.2) is 9.37 Å². The first-order valence-electron chi connectivity index (χ1n) is 11.5. The summed E-state index contributed by atoms with van der Waals surface area (Å²) in [5, 5.41) is 0. The fourth-order valence-corrected chi connectivity index (χ4v) is 3.83. The summed E-state index contributed by atoms with van der Waals surface area (Å²) >= 11 is 0. The van der Waals surface area contributed by atoms with Gasteiger partial charge in [0, 0.05) is 29.0 Å². The highest BCUT2D eigenvalue weighted by Crippen LogP contribution is 2.38. The Hall–Kier alpha value is -3.98. The van der Waals surface area contributed by atoms with Gasteiger partial charge in [0.25, 0.3) is 0 Å². The zero-order valence-corrected chi connectivity index (χ0v) is 16.9. The first-order chi connectivity index (χ1) is 16.4. The normalized spacial score (nSPS) is 12.3. The molecule has 1 aromatic heterocycles. The van der Waals surface area contributed by atoms with E-state index in [0.717, 1.165) is 27.8 Å². The molecule has 0 aliphatic rings. The summed E-state index contributed by atoms with van der Waals surface area (Å²) in [6.07, 6.45) is -0.270. The molecule has 0 amide bonds. The molecular formula is C28H21FN2. The number of imidazole rings is 1. The monoisotopic (exact) mass is 407 g/mol. The molecule has 150 valence electrons. The first-order valence-corrected chi connectivity index (χ1v) is 10.0. The Balaban J connectivity index is 1.90. The maximum atomic E-state index is 13.8. The third-order valence-electron chi connectivity index (χ3n) is 5.22. The molecule has 0 radical (unpaired) electrons. The summed E-state index contributed by atoms with van der Waals surface area (Å²) in [5.41, 5.74) is 5.94. The Morgan fingerprint density at radius 1 is 0.774 bits per heavy atom. The lowest BCUT2D eigenvalue weighted by atomic mass is 9.93. The van der Waals surface area contributed by atoms with Crippen molar-refractivity contribution in [3.8, 4) is 39.3 Å². The second kappa shape index (κ2) is 8.04. The quantitative estimate of drug-likeness (QED) is 0.305. The average Bonchev–Trinajstić information content (AvgIpc) is 3.15. The van der Waals surface area contributed by atoms with Gasteiger partial charge in [-0.05, 0) is 60.0 Å². The molecule has 0 saturated carbocycles. The Kier molecular flexibility index (Phi) is 4.10. The Morgan fingerprint density at radius 2 is 1.39 bits per heavy atom. The third-order valence-corrected chi connectivity index (χ3v) is 5.22. The van der Waals surface area contributed by atoms with E-state index < -0.39 is 5.82 Å². The molecule has 4 aromatic carbocycles. The Bertz CT molecular complexity index is 1440. The van der Waals surface area contributed by atoms with Crippen LogP contribution in [0.1, 0.15) is 9.68 Å². The van der Waals surface area contributed by atoms with Crippen LogP contribution in [-0.2, 0) is 0 Å². The summed E-state index contributed by atoms with van der Waals surface area (Å²) in [5.74, 6) is -0.314. The van der Waals surface area contributed by atoms with E-state index in [1.54, 1.807) is 4.57 Å². The lowest BCUT2D eigenvalue weighted by Crippen LogP contribution is -2.03. The van der Waals surface area contributed by atoms with Crippen LogP contribution in [0.25, 0.3) is 39.3 Å². The highest BCUT2D eigenvalue weighted by Gasteiger charge is 2.18. The van der Waals surface area contributed by atoms with Crippen molar-refractivity contribution < 1.29 is 8.50 Å². The molecule has 0 fully saturated rings. The van der Waals surface area contributed by atoms with Crippen LogP contribution in [-0.4, -0.2) is 9.55 Å². The molecule has 0 bridgehead atoms. The molecule has 5 rings (SSSR count). The second-order valence-corrected chi connectivity index (χ2v) is 7.36. The van der Waals surface area contributed by atoms with Crippen LogP contribution in [0.2, 0.25) is 0 Å². The molecule has 2 nitrogen and oxygen atoms in total. The number of hydrogen-bond donors (Lipinski definition) is 0. The first kappa shape index (κ1) is 15.8. The molecule has 3 heteroatoms. The van der Waals surface area contributed by atoms with E-state index in [9.17, 15) is 4.39 Å². The molecule has 0 unspecified atom stereocenters. The van der Waals surface area contributed by atoms with Gasteiger partial charge in [0.15, 0.2) is 0 Å². The van der Waals surface area contributed by atoms with Crippen molar-refractivity contribution >= 4 is 0 Å². The van der Waals surface area contributed by atoms with Gasteiger partial charge in [-0.15, -0.1) is 0 Å². The van der Waals surface area contributed by atoms with Gasteiger partial charge in [-0.1, -0.05) is 60.7 Å². The van der Waals surface area contributed by atoms with Gasteiger partial charge in [0.2, 0.25) is 0 Å². The van der Waals surface area contributed by atoms with Crippen molar-refractivity contribution in [1.82, 2.24) is 9.55 Å². The predicted octanol–water partition coefficient (Wildman–Crippen LogP) is 7.32. The summed E-state index contributed by atoms with van der Waals surface area (Å²) in [6, 6.07) is 27.8. The number of aryl methyl sites for hydroxylation is 1. The SMILES string of the molecule is [2H]c1cc(-c2nc([2H])c([2H])n2-c2c(-c3ccccc3)cc(C)cc2-c2ccccc2)ccc1F. The number of nitrogens with zero attached hydrogens (tertiary/aromatic N) is 2. The van der Waals surface area contributed by atoms with Gasteiger partial charge in [-0.2, -0.15) is 0 Å². The molecule has 0 N–H and O–H groups in total. The Labute approximate surface area is 185 Å². The zero-order chi connectivity index (χ0) is 23.8. The van der Waals surface area contributed by atoms with E-state index in [1.165, 1.54) is 18.2 Å². The molecule has 0 aliphatic carbocycles. The van der Waals surface area contributed by atoms with Gasteiger partial charge >= 0.3 is 0 Å². The minimum Gasteiger partial charge on any atom is -0.299 e. The van der Waals surface area contributed by atoms with Crippen LogP contribution in [0.5, 0.6) is 0 Å². The average molecular weight is 408 g/mol. The molecule has 0 spiro atoms. The van der Waals surface area contributed by atoms with Gasteiger partial charge in [0.1, 0.15) is 11.6 Å². The van der Waals surface area contributed by atoms with Crippen molar-refractivity contribution in [3.05, 3.63) is 121 Å². The molecule has 31 heavy (non-hydrogen) atoms. The largest absolute Gasteiger partial charge is 0.299 e. The number of hydrogen-bond acceptors (Lipinski definition) is 1. The maximum Gasteiger partial charge on any atom is 0.144 e. The standard InChI is InChI=1S/C28H21FN2/c1-20-18-25(21-8-4-2-5-9-21)27(26(19-20)22-10-6-3-7-11-22)31-17-16-30-28(31)23-12-14-24(29)15-13-23/h2-19H,1H3/i14D,16D,17D. The number of aromatic nitrogens is 2. The van der Waals surface area contributed by atoms with Crippen molar-refractivity contribution in [3.63, 3.8) is 0 Å². The van der Waals surface area contributed by atoms with Crippen LogP contribution in [0.15, 0.2) is 109 Å². The van der Waals surface area contributed by atoms with Crippen molar-refractivity contribution in [1.29, 1.82) is 0 Å². The summed E-state index contributed by atoms with van der Waals surface area (Å²) < 4.78 is 40.5. The molecule has 0 atom stereocenters. The molecular weight excluding hydrogens is 383 g/mol. The topological polar surface area (TPSA) is 17.8 Å². The molecule has 5 aromatic rings. The van der Waals surface area contributed by atoms with Crippen molar-refractivity contribution in [2.24, 2.45) is 0 Å². The smallest absolute Gasteiger partial charge is 0.144 e. The summed E-state index contributed by atoms with van der Waals surface area (Å²) in [6.45, 7) is 2.03. The highest BCUT2D eigenvalue weighted by atomic mass is 19.1. The van der Waals surface area contributed by atoms with E-state index in [1.807, 2.05) is 67.6 Å². The van der Waals surface area contributed by atoms with Gasteiger partial charge < -0.3 is 0 Å². The second-order valence-electron chi connectivity index (χ2n) is 7.36. The van der Waals surface area contributed by atoms with Gasteiger partial charge in [-0.3, -0.25) is 4.57 Å². The van der Waals surface area contributed by atoms with Crippen LogP contribution < -0.4 is 0 Å². The van der Waals surface area contributed by atoms with E-state index >= 15 is 0 Å². The zero-order valence-electron chi connectivity index (χ0n) is 19.9. The van der Waals surface area contributed by atoms with Crippen LogP contribution >= 0.6 is 0 Å². The van der Waals surface area contributed by atoms with Crippen LogP contribution in [0.3, 0.4) is 0 Å². The minimum absolute atomic E-state index is 0.0796. The highest BCUT2D eigenvalue weighted by molar-refractivity contribution is 5.87. The van der Waals surface area contributed by atoms with Crippen molar-refractivity contribution in [2.45, 2.75) is 6.92 Å². The van der Waals surface area contributed by atoms with E-state index in [0.29, 0.717) is 17.1 Å². The predicted molar refractivity (Wildman–Crippen MR) is 125 cm³/mol. The number of rotatable bonds is 4. The minimum atomic E-state index is -0.635. The van der Waals surface area contributed by atoms with Crippen molar-refractivity contribution in [2.75, 3.05) is 0 Å². The fourth-order valence-electron chi connectivity index (χ4n) is 3.83. The Morgan fingerprint density at radius 3 is 1.97 bits per heavy atom. The van der Waals surface area contributed by atoms with Gasteiger partial charge in [0.05, 0.1) is 9.80 Å². The summed E-state index contributed by atoms with van der Waals surface area (Å²) in [4.78, 5) is 4.36. The molecule has 0 saturated heterocycles. The third kappa shape index (κ3) is 3.66. The molecule has 0 aliphatic heterocycles. The van der Waals surface area contributed by atoms with E-state index in [-0.39, 0.29) is 18.4 Å². The lowest BCUT2D eigenvalue weighted by molar-refractivity contribution is 0.628. The fraction of sp³-hybridized carbons (Fsp3) is 0.0357. The summed E-state index contributed by atoms with van der Waals surface area (Å²) in [7, 11) is 0. The number of halogens is 1.